The van der Waals surface area contributed by atoms with Crippen LogP contribution in [0.15, 0.2) is 24.5 Å². The zero-order valence-electron chi connectivity index (χ0n) is 9.59. The van der Waals surface area contributed by atoms with Crippen molar-refractivity contribution < 1.29 is 4.39 Å². The van der Waals surface area contributed by atoms with Crippen molar-refractivity contribution in [3.63, 3.8) is 0 Å². The van der Waals surface area contributed by atoms with Gasteiger partial charge in [0, 0.05) is 23.0 Å². The Balaban J connectivity index is 0.000000191. The number of hydrogen-bond acceptors (Lipinski definition) is 3. The quantitative estimate of drug-likeness (QED) is 0.427. The highest BCUT2D eigenvalue weighted by atomic mass is 127. The second kappa shape index (κ2) is 8.38. The van der Waals surface area contributed by atoms with Crippen molar-refractivity contribution in [1.29, 1.82) is 0 Å². The molecule has 0 fully saturated rings. The molecule has 0 amide bonds. The maximum absolute atomic E-state index is 12.5. The van der Waals surface area contributed by atoms with Crippen LogP contribution in [-0.2, 0) is 0 Å². The third-order valence-electron chi connectivity index (χ3n) is 1.90. The first-order chi connectivity index (χ1) is 8.97. The van der Waals surface area contributed by atoms with Crippen molar-refractivity contribution in [3.05, 3.63) is 47.8 Å². The largest absolute Gasteiger partial charge is 0.385 e. The molecule has 0 aliphatic heterocycles. The molecule has 19 heavy (non-hydrogen) atoms. The van der Waals surface area contributed by atoms with Gasteiger partial charge in [-0.3, -0.25) is 0 Å². The van der Waals surface area contributed by atoms with Gasteiger partial charge in [-0.15, -0.1) is 0 Å². The van der Waals surface area contributed by atoms with Gasteiger partial charge in [0.05, 0.1) is 9.26 Å². The molecular weight excluding hydrogens is 518 g/mol. The van der Waals surface area contributed by atoms with Crippen LogP contribution in [0.25, 0.3) is 0 Å². The maximum Gasteiger partial charge on any atom is 0.173 e. The van der Waals surface area contributed by atoms with Crippen LogP contribution in [0.2, 0.25) is 10.3 Å². The van der Waals surface area contributed by atoms with Gasteiger partial charge in [-0.1, -0.05) is 23.2 Å². The summed E-state index contributed by atoms with van der Waals surface area (Å²) in [5.74, 6) is -0.445. The molecule has 0 unspecified atom stereocenters. The summed E-state index contributed by atoms with van der Waals surface area (Å²) < 4.78 is 14.1. The summed E-state index contributed by atoms with van der Waals surface area (Å²) in [7, 11) is 1.82. The molecule has 2 heterocycles. The van der Waals surface area contributed by atoms with Gasteiger partial charge in [0.25, 0.3) is 0 Å². The van der Waals surface area contributed by atoms with Crippen molar-refractivity contribution in [3.8, 4) is 0 Å². The van der Waals surface area contributed by atoms with Gasteiger partial charge in [-0.25, -0.2) is 14.4 Å². The fourth-order valence-electron chi connectivity index (χ4n) is 1.03. The van der Waals surface area contributed by atoms with Crippen LogP contribution in [0.5, 0.6) is 0 Å². The summed E-state index contributed by atoms with van der Waals surface area (Å²) in [6, 6.07) is 3.46. The Kier molecular flexibility index (Phi) is 7.55. The first kappa shape index (κ1) is 17.1. The van der Waals surface area contributed by atoms with E-state index in [1.54, 1.807) is 12.3 Å². The third kappa shape index (κ3) is 5.16. The van der Waals surface area contributed by atoms with E-state index in [-0.39, 0.29) is 5.15 Å². The van der Waals surface area contributed by atoms with E-state index in [0.717, 1.165) is 9.26 Å². The Morgan fingerprint density at radius 2 is 1.58 bits per heavy atom. The van der Waals surface area contributed by atoms with Gasteiger partial charge >= 0.3 is 0 Å². The zero-order chi connectivity index (χ0) is 14.4. The maximum atomic E-state index is 12.5. The molecule has 0 radical (unpaired) electrons. The number of halogens is 5. The molecule has 2 aromatic heterocycles. The average Bonchev–Trinajstić information content (AvgIpc) is 2.37. The lowest BCUT2D eigenvalue weighted by molar-refractivity contribution is 0.614. The SMILES string of the molecule is CNc1c(I)ccnc1Cl.Fc1c(I)ccnc1Cl. The molecule has 2 rings (SSSR count). The number of pyridine rings is 2. The lowest BCUT2D eigenvalue weighted by Gasteiger charge is -2.02. The van der Waals surface area contributed by atoms with E-state index in [1.807, 2.05) is 35.7 Å². The van der Waals surface area contributed by atoms with Gasteiger partial charge in [-0.2, -0.15) is 0 Å². The molecule has 0 aliphatic carbocycles. The molecule has 8 heteroatoms. The predicted molar refractivity (Wildman–Crippen MR) is 93.4 cm³/mol. The standard InChI is InChI=1S/C6H6ClIN2.C5H2ClFIN/c1-9-5-4(8)2-3-10-6(5)7;6-5-4(7)3(8)1-2-9-5/h2-3,9H,1H3;1-2H. The Labute approximate surface area is 147 Å². The predicted octanol–water partition coefficient (Wildman–Crippen LogP) is 4.86. The third-order valence-corrected chi connectivity index (χ3v) is 4.19. The molecule has 0 spiro atoms. The van der Waals surface area contributed by atoms with Gasteiger partial charge in [-0.05, 0) is 57.3 Å². The highest BCUT2D eigenvalue weighted by Gasteiger charge is 2.02. The van der Waals surface area contributed by atoms with Crippen LogP contribution < -0.4 is 5.32 Å². The highest BCUT2D eigenvalue weighted by molar-refractivity contribution is 14.1. The Morgan fingerprint density at radius 3 is 1.95 bits per heavy atom. The highest BCUT2D eigenvalue weighted by Crippen LogP contribution is 2.23. The fourth-order valence-corrected chi connectivity index (χ4v) is 2.87. The topological polar surface area (TPSA) is 37.8 Å². The van der Waals surface area contributed by atoms with E-state index in [2.05, 4.69) is 37.9 Å². The van der Waals surface area contributed by atoms with E-state index >= 15 is 0 Å². The average molecular weight is 526 g/mol. The van der Waals surface area contributed by atoms with Gasteiger partial charge in [0.1, 0.15) is 0 Å². The number of nitrogens with zero attached hydrogens (tertiary/aromatic N) is 2. The molecule has 1 N–H and O–H groups in total. The summed E-state index contributed by atoms with van der Waals surface area (Å²) in [6.07, 6.45) is 3.15. The molecule has 0 saturated carbocycles. The number of hydrogen-bond donors (Lipinski definition) is 1. The van der Waals surface area contributed by atoms with E-state index in [9.17, 15) is 4.39 Å². The van der Waals surface area contributed by atoms with Crippen LogP contribution in [0.3, 0.4) is 0 Å². The molecule has 0 aromatic carbocycles. The van der Waals surface area contributed by atoms with Crippen LogP contribution in [0.1, 0.15) is 0 Å². The van der Waals surface area contributed by atoms with Crippen molar-refractivity contribution in [2.75, 3.05) is 12.4 Å². The number of rotatable bonds is 1. The summed E-state index contributed by atoms with van der Waals surface area (Å²) in [5.41, 5.74) is 0.893. The molecule has 0 saturated heterocycles. The normalized spacial score (nSPS) is 9.58. The Hall–Kier alpha value is 0.0700. The number of nitrogens with one attached hydrogen (secondary N) is 1. The first-order valence-electron chi connectivity index (χ1n) is 4.90. The number of anilines is 1. The molecular formula is C11H8Cl2FI2N3. The second-order valence-electron chi connectivity index (χ2n) is 3.11. The lowest BCUT2D eigenvalue weighted by atomic mass is 10.4. The van der Waals surface area contributed by atoms with E-state index in [1.165, 1.54) is 6.20 Å². The molecule has 0 aliphatic rings. The van der Waals surface area contributed by atoms with Crippen molar-refractivity contribution in [2.45, 2.75) is 0 Å². The van der Waals surface area contributed by atoms with E-state index < -0.39 is 5.82 Å². The van der Waals surface area contributed by atoms with Crippen molar-refractivity contribution >= 4 is 74.1 Å². The summed E-state index contributed by atoms with van der Waals surface area (Å²) >= 11 is 15.1. The van der Waals surface area contributed by atoms with Crippen LogP contribution >= 0.6 is 68.4 Å². The Morgan fingerprint density at radius 1 is 1.05 bits per heavy atom. The molecule has 0 bridgehead atoms. The van der Waals surface area contributed by atoms with Gasteiger partial charge < -0.3 is 5.32 Å². The molecule has 2 aromatic rings. The van der Waals surface area contributed by atoms with Gasteiger partial charge in [0.15, 0.2) is 16.1 Å². The second-order valence-corrected chi connectivity index (χ2v) is 6.15. The fraction of sp³-hybridized carbons (Fsp3) is 0.0909. The summed E-state index contributed by atoms with van der Waals surface area (Å²) in [6.45, 7) is 0. The monoisotopic (exact) mass is 525 g/mol. The van der Waals surface area contributed by atoms with Crippen LogP contribution in [-0.4, -0.2) is 17.0 Å². The lowest BCUT2D eigenvalue weighted by Crippen LogP contribution is -1.93. The van der Waals surface area contributed by atoms with Crippen LogP contribution in [0.4, 0.5) is 10.1 Å². The zero-order valence-corrected chi connectivity index (χ0v) is 15.4. The summed E-state index contributed by atoms with van der Waals surface area (Å²) in [5, 5.41) is 3.42. The summed E-state index contributed by atoms with van der Waals surface area (Å²) in [4.78, 5) is 7.43. The minimum absolute atomic E-state index is 0.0677. The minimum atomic E-state index is -0.445. The van der Waals surface area contributed by atoms with E-state index in [0.29, 0.717) is 8.72 Å². The Bertz CT molecular complexity index is 529. The van der Waals surface area contributed by atoms with Crippen LogP contribution in [0, 0.1) is 13.0 Å². The smallest absolute Gasteiger partial charge is 0.173 e. The molecule has 0 atom stereocenters. The minimum Gasteiger partial charge on any atom is -0.385 e. The van der Waals surface area contributed by atoms with Crippen molar-refractivity contribution in [2.24, 2.45) is 0 Å². The number of aromatic nitrogens is 2. The van der Waals surface area contributed by atoms with Crippen molar-refractivity contribution in [1.82, 2.24) is 9.97 Å². The van der Waals surface area contributed by atoms with Gasteiger partial charge in [0.2, 0.25) is 0 Å². The molecule has 3 nitrogen and oxygen atoms in total. The first-order valence-corrected chi connectivity index (χ1v) is 7.82. The molecule has 102 valence electrons. The van der Waals surface area contributed by atoms with E-state index in [4.69, 9.17) is 23.2 Å².